The van der Waals surface area contributed by atoms with Crippen molar-refractivity contribution in [2.75, 3.05) is 18.4 Å². The molecule has 2 unspecified atom stereocenters. The van der Waals surface area contributed by atoms with E-state index in [0.29, 0.717) is 18.7 Å². The largest absolute Gasteiger partial charge is 0.593 e. The van der Waals surface area contributed by atoms with Gasteiger partial charge in [0.1, 0.15) is 11.2 Å². The summed E-state index contributed by atoms with van der Waals surface area (Å²) in [5, 5.41) is 9.39. The molecule has 0 spiro atoms. The first-order chi connectivity index (χ1) is 9.61. The van der Waals surface area contributed by atoms with Crippen molar-refractivity contribution >= 4 is 23.3 Å². The maximum atomic E-state index is 11.7. The first-order valence-corrected chi connectivity index (χ1v) is 7.55. The zero-order chi connectivity index (χ0) is 14.5. The molecule has 7 nitrogen and oxygen atoms in total. The third kappa shape index (κ3) is 4.06. The number of aliphatic carboxylic acids is 1. The van der Waals surface area contributed by atoms with Crippen molar-refractivity contribution in [3.8, 4) is 0 Å². The van der Waals surface area contributed by atoms with Gasteiger partial charge in [0, 0.05) is 32.8 Å². The highest BCUT2D eigenvalue weighted by Crippen LogP contribution is 2.29. The SMILES string of the molecule is COCCC(C(=O)O)c1ccnc(N[S+]([O-])C2CC2)n1. The van der Waals surface area contributed by atoms with Crippen LogP contribution in [0.15, 0.2) is 12.3 Å². The Morgan fingerprint density at radius 1 is 1.70 bits per heavy atom. The number of rotatable bonds is 8. The van der Waals surface area contributed by atoms with E-state index in [0.717, 1.165) is 12.8 Å². The second kappa shape index (κ2) is 6.87. The van der Waals surface area contributed by atoms with Crippen LogP contribution in [0.5, 0.6) is 0 Å². The first kappa shape index (κ1) is 15.0. The van der Waals surface area contributed by atoms with Crippen LogP contribution in [-0.2, 0) is 20.9 Å². The highest BCUT2D eigenvalue weighted by Gasteiger charge is 2.35. The van der Waals surface area contributed by atoms with Gasteiger partial charge in [0.2, 0.25) is 0 Å². The number of nitrogens with one attached hydrogen (secondary N) is 1. The molecule has 0 amide bonds. The van der Waals surface area contributed by atoms with E-state index in [1.165, 1.54) is 13.3 Å². The summed E-state index contributed by atoms with van der Waals surface area (Å²) in [4.78, 5) is 19.4. The summed E-state index contributed by atoms with van der Waals surface area (Å²) in [6.07, 6.45) is 3.67. The van der Waals surface area contributed by atoms with E-state index in [-0.39, 0.29) is 11.2 Å². The van der Waals surface area contributed by atoms with E-state index < -0.39 is 23.2 Å². The van der Waals surface area contributed by atoms with Crippen LogP contribution in [0.3, 0.4) is 0 Å². The predicted octanol–water partition coefficient (Wildman–Crippen LogP) is 0.919. The molecule has 2 atom stereocenters. The Morgan fingerprint density at radius 2 is 2.45 bits per heavy atom. The van der Waals surface area contributed by atoms with Crippen LogP contribution in [0.25, 0.3) is 0 Å². The number of carbonyl (C=O) groups is 1. The van der Waals surface area contributed by atoms with Crippen LogP contribution in [-0.4, -0.2) is 44.6 Å². The van der Waals surface area contributed by atoms with Gasteiger partial charge in [0.15, 0.2) is 0 Å². The summed E-state index contributed by atoms with van der Waals surface area (Å²) in [5.41, 5.74) is 0.389. The normalized spacial score (nSPS) is 17.5. The molecule has 1 aromatic heterocycles. The topological polar surface area (TPSA) is 107 Å². The van der Waals surface area contributed by atoms with E-state index in [2.05, 4.69) is 14.7 Å². The first-order valence-electron chi connectivity index (χ1n) is 6.33. The second-order valence-corrected chi connectivity index (χ2v) is 6.04. The van der Waals surface area contributed by atoms with Crippen LogP contribution in [0.2, 0.25) is 0 Å². The van der Waals surface area contributed by atoms with Crippen molar-refractivity contribution in [2.24, 2.45) is 0 Å². The van der Waals surface area contributed by atoms with Crippen molar-refractivity contribution in [3.05, 3.63) is 18.0 Å². The van der Waals surface area contributed by atoms with Crippen molar-refractivity contribution in [2.45, 2.75) is 30.4 Å². The van der Waals surface area contributed by atoms with E-state index in [1.54, 1.807) is 6.07 Å². The molecule has 2 rings (SSSR count). The highest BCUT2D eigenvalue weighted by molar-refractivity contribution is 7.93. The Kier molecular flexibility index (Phi) is 5.16. The van der Waals surface area contributed by atoms with Gasteiger partial charge < -0.3 is 14.4 Å². The van der Waals surface area contributed by atoms with Gasteiger partial charge in [0.05, 0.1) is 17.1 Å². The van der Waals surface area contributed by atoms with Crippen LogP contribution in [0, 0.1) is 0 Å². The number of nitrogens with zero attached hydrogens (tertiary/aromatic N) is 2. The lowest BCUT2D eigenvalue weighted by Gasteiger charge is -2.13. The molecule has 1 heterocycles. The number of anilines is 1. The molecule has 0 saturated heterocycles. The van der Waals surface area contributed by atoms with E-state index in [4.69, 9.17) is 4.74 Å². The molecule has 0 aliphatic heterocycles. The van der Waals surface area contributed by atoms with Gasteiger partial charge in [-0.1, -0.05) is 0 Å². The molecule has 0 aromatic carbocycles. The summed E-state index contributed by atoms with van der Waals surface area (Å²) in [6, 6.07) is 1.56. The molecular weight excluding hydrogens is 282 g/mol. The molecule has 1 saturated carbocycles. The second-order valence-electron chi connectivity index (χ2n) is 4.58. The zero-order valence-corrected chi connectivity index (χ0v) is 11.9. The van der Waals surface area contributed by atoms with Gasteiger partial charge >= 0.3 is 5.97 Å². The lowest BCUT2D eigenvalue weighted by molar-refractivity contribution is -0.139. The molecule has 1 aromatic rings. The van der Waals surface area contributed by atoms with Gasteiger partial charge in [0.25, 0.3) is 5.95 Å². The smallest absolute Gasteiger partial charge is 0.312 e. The molecule has 1 fully saturated rings. The van der Waals surface area contributed by atoms with Crippen LogP contribution in [0.1, 0.15) is 30.9 Å². The summed E-state index contributed by atoms with van der Waals surface area (Å²) in [6.45, 7) is 0.331. The molecule has 0 bridgehead atoms. The average molecular weight is 299 g/mol. The molecule has 0 radical (unpaired) electrons. The van der Waals surface area contributed by atoms with E-state index in [9.17, 15) is 14.5 Å². The Labute approximate surface area is 120 Å². The minimum atomic E-state index is -1.20. The summed E-state index contributed by atoms with van der Waals surface area (Å²) < 4.78 is 19.4. The van der Waals surface area contributed by atoms with Gasteiger partial charge in [-0.2, -0.15) is 4.72 Å². The number of carboxylic acid groups (broad SMARTS) is 1. The van der Waals surface area contributed by atoms with Crippen molar-refractivity contribution in [3.63, 3.8) is 0 Å². The van der Waals surface area contributed by atoms with E-state index in [1.807, 2.05) is 0 Å². The zero-order valence-electron chi connectivity index (χ0n) is 11.1. The maximum absolute atomic E-state index is 11.7. The Bertz CT molecular complexity index is 470. The minimum Gasteiger partial charge on any atom is -0.593 e. The number of hydrogen-bond donors (Lipinski definition) is 2. The number of hydrogen-bond acceptors (Lipinski definition) is 6. The fourth-order valence-corrected chi connectivity index (χ4v) is 2.71. The molecular formula is C12H17N3O4S. The lowest BCUT2D eigenvalue weighted by atomic mass is 10.0. The number of aromatic nitrogens is 2. The Hall–Kier alpha value is -1.38. The van der Waals surface area contributed by atoms with Crippen molar-refractivity contribution in [1.82, 2.24) is 9.97 Å². The molecule has 110 valence electrons. The molecule has 20 heavy (non-hydrogen) atoms. The average Bonchev–Trinajstić information content (AvgIpc) is 3.23. The maximum Gasteiger partial charge on any atom is 0.312 e. The van der Waals surface area contributed by atoms with Crippen LogP contribution >= 0.6 is 0 Å². The summed E-state index contributed by atoms with van der Waals surface area (Å²) in [7, 11) is 1.52. The van der Waals surface area contributed by atoms with Gasteiger partial charge in [-0.25, -0.2) is 9.97 Å². The standard InChI is InChI=1S/C12H17N3O4S/c1-19-7-5-9(11(16)17)10-4-6-13-12(14-10)15-20(18)8-2-3-8/h4,6,8-9H,2-3,5,7H2,1H3,(H,16,17)(H,13,14,15). The number of carboxylic acids is 1. The summed E-state index contributed by atoms with van der Waals surface area (Å²) >= 11 is -1.20. The predicted molar refractivity (Wildman–Crippen MR) is 73.7 cm³/mol. The fourth-order valence-electron chi connectivity index (χ4n) is 1.70. The molecule has 1 aliphatic carbocycles. The van der Waals surface area contributed by atoms with Gasteiger partial charge in [-0.05, 0) is 12.5 Å². The molecule has 1 aliphatic rings. The molecule has 8 heteroatoms. The van der Waals surface area contributed by atoms with E-state index >= 15 is 0 Å². The highest BCUT2D eigenvalue weighted by atomic mass is 32.2. The Morgan fingerprint density at radius 3 is 3.05 bits per heavy atom. The van der Waals surface area contributed by atoms with Crippen molar-refractivity contribution < 1.29 is 19.2 Å². The lowest BCUT2D eigenvalue weighted by Crippen LogP contribution is -2.21. The van der Waals surface area contributed by atoms with Crippen molar-refractivity contribution in [1.29, 1.82) is 0 Å². The van der Waals surface area contributed by atoms with Crippen LogP contribution in [0.4, 0.5) is 5.95 Å². The van der Waals surface area contributed by atoms with Gasteiger partial charge in [-0.15, -0.1) is 0 Å². The van der Waals surface area contributed by atoms with Gasteiger partial charge in [-0.3, -0.25) is 4.79 Å². The number of methoxy groups -OCH3 is 1. The molecule has 2 N–H and O–H groups in total. The summed E-state index contributed by atoms with van der Waals surface area (Å²) in [5.74, 6) is -1.51. The monoisotopic (exact) mass is 299 g/mol. The fraction of sp³-hybridized carbons (Fsp3) is 0.583. The Balaban J connectivity index is 2.07. The third-order valence-corrected chi connectivity index (χ3v) is 4.42. The third-order valence-electron chi connectivity index (χ3n) is 2.96. The number of ether oxygens (including phenoxy) is 1. The van der Waals surface area contributed by atoms with Crippen LogP contribution < -0.4 is 4.72 Å². The quantitative estimate of drug-likeness (QED) is 0.687. The minimum absolute atomic E-state index is 0.158.